The maximum absolute atomic E-state index is 13.2. The lowest BCUT2D eigenvalue weighted by Crippen LogP contribution is -2.30. The number of nitrogens with one attached hydrogen (secondary N) is 2. The lowest BCUT2D eigenvalue weighted by atomic mass is 9.97. The van der Waals surface area contributed by atoms with Crippen LogP contribution in [0.2, 0.25) is 10.0 Å². The molecule has 0 aliphatic heterocycles. The maximum Gasteiger partial charge on any atom is 0.420 e. The molecule has 0 saturated heterocycles. The lowest BCUT2D eigenvalue weighted by Gasteiger charge is -2.19. The number of nitrogens with zero attached hydrogens (tertiary/aromatic N) is 4. The number of benzene rings is 3. The van der Waals surface area contributed by atoms with Crippen molar-refractivity contribution in [1.82, 2.24) is 20.2 Å². The summed E-state index contributed by atoms with van der Waals surface area (Å²) in [5.41, 5.74) is 6.42. The normalized spacial score (nSPS) is 11.0. The zero-order valence-electron chi connectivity index (χ0n) is 27.8. The van der Waals surface area contributed by atoms with Crippen LogP contribution in [0, 0.1) is 20.8 Å². The van der Waals surface area contributed by atoms with E-state index in [1.165, 1.54) is 4.90 Å². The molecule has 0 radical (unpaired) electrons. The molecule has 0 fully saturated rings. The van der Waals surface area contributed by atoms with E-state index in [0.717, 1.165) is 54.7 Å². The molecule has 4 aromatic rings. The SMILES string of the molecule is CCN(CC)CCCCNC(=O)c1ccc(Nc2nc(OC(=O)N(C)c3cc(Cl)ccc3Cl)cc(-c3ccc(C)c(C)c3C)n2)cc1. The number of rotatable bonds is 13. The van der Waals surface area contributed by atoms with Crippen LogP contribution in [-0.2, 0) is 0 Å². The van der Waals surface area contributed by atoms with Gasteiger partial charge in [0, 0.05) is 41.5 Å². The third kappa shape index (κ3) is 9.44. The lowest BCUT2D eigenvalue weighted by molar-refractivity contribution is 0.0952. The van der Waals surface area contributed by atoms with Gasteiger partial charge in [-0.05, 0) is 112 Å². The molecule has 0 unspecified atom stereocenters. The Hall–Kier alpha value is -4.18. The number of carbonyl (C=O) groups excluding carboxylic acids is 2. The number of carbonyl (C=O) groups is 2. The van der Waals surface area contributed by atoms with Gasteiger partial charge in [0.25, 0.3) is 5.91 Å². The second-order valence-electron chi connectivity index (χ2n) is 11.3. The minimum absolute atomic E-state index is 0.0436. The second-order valence-corrected chi connectivity index (χ2v) is 12.2. The van der Waals surface area contributed by atoms with Crippen molar-refractivity contribution in [3.8, 4) is 17.1 Å². The highest BCUT2D eigenvalue weighted by atomic mass is 35.5. The molecule has 248 valence electrons. The van der Waals surface area contributed by atoms with Crippen LogP contribution in [0.4, 0.5) is 22.1 Å². The topological polar surface area (TPSA) is 99.7 Å². The number of unbranched alkanes of at least 4 members (excludes halogenated alkanes) is 1. The van der Waals surface area contributed by atoms with Crippen LogP contribution in [0.15, 0.2) is 60.7 Å². The van der Waals surface area contributed by atoms with Crippen LogP contribution < -0.4 is 20.3 Å². The minimum atomic E-state index is -0.704. The molecular weight excluding hydrogens is 635 g/mol. The Bertz CT molecular complexity index is 1710. The number of amides is 2. The average Bonchev–Trinajstić information content (AvgIpc) is 3.06. The summed E-state index contributed by atoms with van der Waals surface area (Å²) >= 11 is 12.5. The van der Waals surface area contributed by atoms with Crippen LogP contribution in [-0.4, -0.2) is 60.1 Å². The smallest absolute Gasteiger partial charge is 0.391 e. The number of aryl methyl sites for hydroxylation is 1. The number of aromatic nitrogens is 2. The van der Waals surface area contributed by atoms with Gasteiger partial charge in [-0.2, -0.15) is 4.98 Å². The molecule has 1 heterocycles. The molecule has 0 spiro atoms. The Labute approximate surface area is 287 Å². The molecular formula is C36H42Cl2N6O3. The second kappa shape index (κ2) is 16.6. The summed E-state index contributed by atoms with van der Waals surface area (Å²) in [6, 6.07) is 17.5. The molecule has 0 aliphatic rings. The van der Waals surface area contributed by atoms with Crippen molar-refractivity contribution < 1.29 is 14.3 Å². The zero-order valence-corrected chi connectivity index (χ0v) is 29.3. The predicted octanol–water partition coefficient (Wildman–Crippen LogP) is 8.61. The molecule has 4 rings (SSSR count). The Morgan fingerprint density at radius 3 is 2.30 bits per heavy atom. The summed E-state index contributed by atoms with van der Waals surface area (Å²) < 4.78 is 5.73. The number of hydrogen-bond donors (Lipinski definition) is 2. The van der Waals surface area contributed by atoms with E-state index >= 15 is 0 Å². The van der Waals surface area contributed by atoms with E-state index in [9.17, 15) is 9.59 Å². The largest absolute Gasteiger partial charge is 0.420 e. The highest BCUT2D eigenvalue weighted by Crippen LogP contribution is 2.31. The highest BCUT2D eigenvalue weighted by Gasteiger charge is 2.20. The van der Waals surface area contributed by atoms with Crippen molar-refractivity contribution in [1.29, 1.82) is 0 Å². The third-order valence-electron chi connectivity index (χ3n) is 8.26. The molecule has 11 heteroatoms. The zero-order chi connectivity index (χ0) is 34.1. The van der Waals surface area contributed by atoms with Crippen LogP contribution >= 0.6 is 23.2 Å². The molecule has 2 N–H and O–H groups in total. The molecule has 1 aromatic heterocycles. The Balaban J connectivity index is 1.52. The monoisotopic (exact) mass is 676 g/mol. The van der Waals surface area contributed by atoms with Gasteiger partial charge in [0.1, 0.15) is 0 Å². The van der Waals surface area contributed by atoms with E-state index in [-0.39, 0.29) is 17.7 Å². The summed E-state index contributed by atoms with van der Waals surface area (Å²) in [5, 5.41) is 6.97. The molecule has 3 aromatic carbocycles. The quantitative estimate of drug-likeness (QED) is 0.137. The van der Waals surface area contributed by atoms with Gasteiger partial charge < -0.3 is 20.3 Å². The van der Waals surface area contributed by atoms with Gasteiger partial charge >= 0.3 is 6.09 Å². The predicted molar refractivity (Wildman–Crippen MR) is 192 cm³/mol. The Morgan fingerprint density at radius 2 is 1.60 bits per heavy atom. The number of anilines is 3. The fraction of sp³-hybridized carbons (Fsp3) is 0.333. The number of halogens is 2. The molecule has 0 atom stereocenters. The first-order chi connectivity index (χ1) is 22.5. The van der Waals surface area contributed by atoms with Crippen molar-refractivity contribution in [2.45, 2.75) is 47.5 Å². The van der Waals surface area contributed by atoms with Gasteiger partial charge in [0.2, 0.25) is 11.8 Å². The standard InChI is InChI=1S/C36H42Cl2N6O3/c1-7-44(8-2)20-10-9-19-39-34(45)26-12-15-28(16-13-26)40-35-41-31(29-17-11-23(3)24(4)25(29)5)22-33(42-35)47-36(46)43(6)32-21-27(37)14-18-30(32)38/h11-18,21-22H,7-10,19-20H2,1-6H3,(H,39,45)(H,40,41,42). The van der Waals surface area contributed by atoms with Gasteiger partial charge in [-0.15, -0.1) is 0 Å². The van der Waals surface area contributed by atoms with Crippen molar-refractivity contribution >= 4 is 52.5 Å². The summed E-state index contributed by atoms with van der Waals surface area (Å²) in [6.45, 7) is 14.2. The summed E-state index contributed by atoms with van der Waals surface area (Å²) in [4.78, 5) is 38.8. The fourth-order valence-electron chi connectivity index (χ4n) is 5.04. The van der Waals surface area contributed by atoms with Gasteiger partial charge in [-0.25, -0.2) is 9.78 Å². The molecule has 0 saturated carbocycles. The number of hydrogen-bond acceptors (Lipinski definition) is 7. The third-order valence-corrected chi connectivity index (χ3v) is 8.81. The van der Waals surface area contributed by atoms with Crippen LogP contribution in [0.1, 0.15) is 53.7 Å². The fourth-order valence-corrected chi connectivity index (χ4v) is 5.45. The molecule has 47 heavy (non-hydrogen) atoms. The summed E-state index contributed by atoms with van der Waals surface area (Å²) in [5.74, 6) is 0.139. The molecule has 0 aliphatic carbocycles. The van der Waals surface area contributed by atoms with Crippen molar-refractivity contribution in [2.24, 2.45) is 0 Å². The van der Waals surface area contributed by atoms with Gasteiger partial charge in [0.15, 0.2) is 0 Å². The first-order valence-corrected chi connectivity index (χ1v) is 16.5. The van der Waals surface area contributed by atoms with Crippen LogP contribution in [0.5, 0.6) is 5.88 Å². The van der Waals surface area contributed by atoms with Gasteiger partial charge in [-0.1, -0.05) is 49.2 Å². The summed E-state index contributed by atoms with van der Waals surface area (Å²) in [7, 11) is 1.54. The molecule has 0 bridgehead atoms. The van der Waals surface area contributed by atoms with E-state index in [2.05, 4.69) is 48.2 Å². The molecule has 9 nitrogen and oxygen atoms in total. The summed E-state index contributed by atoms with van der Waals surface area (Å²) in [6.07, 6.45) is 1.25. The molecule has 2 amide bonds. The van der Waals surface area contributed by atoms with Crippen molar-refractivity contribution in [3.63, 3.8) is 0 Å². The first kappa shape index (κ1) is 35.7. The van der Waals surface area contributed by atoms with E-state index in [1.54, 1.807) is 55.6 Å². The maximum atomic E-state index is 13.2. The number of ether oxygens (including phenoxy) is 1. The van der Waals surface area contributed by atoms with Crippen molar-refractivity contribution in [3.05, 3.63) is 93.0 Å². The van der Waals surface area contributed by atoms with E-state index < -0.39 is 6.09 Å². The minimum Gasteiger partial charge on any atom is -0.391 e. The van der Waals surface area contributed by atoms with Gasteiger partial charge in [0.05, 0.1) is 16.4 Å². The van der Waals surface area contributed by atoms with E-state index in [0.29, 0.717) is 39.2 Å². The van der Waals surface area contributed by atoms with E-state index in [1.807, 2.05) is 19.1 Å². The Kier molecular flexibility index (Phi) is 12.6. The average molecular weight is 678 g/mol. The van der Waals surface area contributed by atoms with Crippen LogP contribution in [0.3, 0.4) is 0 Å². The Morgan fingerprint density at radius 1 is 0.872 bits per heavy atom. The first-order valence-electron chi connectivity index (χ1n) is 15.7. The highest BCUT2D eigenvalue weighted by molar-refractivity contribution is 6.35. The van der Waals surface area contributed by atoms with Gasteiger partial charge in [-0.3, -0.25) is 9.69 Å². The van der Waals surface area contributed by atoms with Crippen molar-refractivity contribution in [2.75, 3.05) is 43.4 Å². The van der Waals surface area contributed by atoms with Crippen LogP contribution in [0.25, 0.3) is 11.3 Å². The van der Waals surface area contributed by atoms with E-state index in [4.69, 9.17) is 32.9 Å².